The Morgan fingerprint density at radius 2 is 2.00 bits per heavy atom. The zero-order valence-electron chi connectivity index (χ0n) is 8.90. The van der Waals surface area contributed by atoms with Gasteiger partial charge in [-0.25, -0.2) is 4.98 Å². The van der Waals surface area contributed by atoms with Crippen LogP contribution >= 0.6 is 11.3 Å². The highest BCUT2D eigenvalue weighted by Crippen LogP contribution is 2.11. The van der Waals surface area contributed by atoms with Crippen molar-refractivity contribution in [1.29, 1.82) is 0 Å². The predicted octanol–water partition coefficient (Wildman–Crippen LogP) is 1.69. The van der Waals surface area contributed by atoms with Crippen LogP contribution in [0.25, 0.3) is 0 Å². The Balaban J connectivity index is 2.00. The summed E-state index contributed by atoms with van der Waals surface area (Å²) >= 11 is 1.56. The fourth-order valence-corrected chi connectivity index (χ4v) is 1.73. The quantitative estimate of drug-likeness (QED) is 0.758. The molecule has 0 radical (unpaired) electrons. The molecular weight excluding hydrogens is 239 g/mol. The topological polar surface area (TPSA) is 37.0 Å². The summed E-state index contributed by atoms with van der Waals surface area (Å²) in [5.41, 5.74) is 0.929. The lowest BCUT2D eigenvalue weighted by Crippen LogP contribution is -2.34. The van der Waals surface area contributed by atoms with Crippen molar-refractivity contribution in [1.82, 2.24) is 15.6 Å². The van der Waals surface area contributed by atoms with Crippen LogP contribution in [-0.4, -0.2) is 30.8 Å². The van der Waals surface area contributed by atoms with Crippen LogP contribution in [0.2, 0.25) is 0 Å². The summed E-state index contributed by atoms with van der Waals surface area (Å²) in [5.74, 6) is 0. The van der Waals surface area contributed by atoms with E-state index in [1.807, 2.05) is 12.3 Å². The summed E-state index contributed by atoms with van der Waals surface area (Å²) in [6.07, 6.45) is -4.13. The zero-order chi connectivity index (χ0) is 12.0. The maximum atomic E-state index is 11.7. The molecule has 1 aromatic heterocycles. The lowest BCUT2D eigenvalue weighted by molar-refractivity contribution is -0.124. The van der Waals surface area contributed by atoms with E-state index in [1.54, 1.807) is 11.3 Å². The molecule has 0 spiro atoms. The summed E-state index contributed by atoms with van der Waals surface area (Å²) in [6, 6.07) is 0. The molecule has 0 aliphatic rings. The lowest BCUT2D eigenvalue weighted by atomic mass is 10.4. The molecule has 0 atom stereocenters. The number of aromatic nitrogens is 1. The van der Waals surface area contributed by atoms with Crippen molar-refractivity contribution in [3.05, 3.63) is 16.1 Å². The third-order valence-electron chi connectivity index (χ3n) is 1.78. The second-order valence-corrected chi connectivity index (χ2v) is 4.39. The molecule has 0 unspecified atom stereocenters. The van der Waals surface area contributed by atoms with E-state index in [9.17, 15) is 13.2 Å². The minimum atomic E-state index is -4.13. The fourth-order valence-electron chi connectivity index (χ4n) is 1.11. The predicted molar refractivity (Wildman–Crippen MR) is 57.5 cm³/mol. The monoisotopic (exact) mass is 253 g/mol. The Kier molecular flexibility index (Phi) is 5.17. The minimum Gasteiger partial charge on any atom is -0.310 e. The van der Waals surface area contributed by atoms with Crippen molar-refractivity contribution in [2.75, 3.05) is 19.6 Å². The molecule has 1 heterocycles. The zero-order valence-corrected chi connectivity index (χ0v) is 9.71. The minimum absolute atomic E-state index is 0.294. The molecule has 0 amide bonds. The number of halogens is 3. The number of thiazole rings is 1. The highest BCUT2D eigenvalue weighted by atomic mass is 32.1. The lowest BCUT2D eigenvalue weighted by Gasteiger charge is -2.08. The fraction of sp³-hybridized carbons (Fsp3) is 0.667. The van der Waals surface area contributed by atoms with Crippen LogP contribution in [0.4, 0.5) is 13.2 Å². The van der Waals surface area contributed by atoms with E-state index in [-0.39, 0.29) is 0 Å². The standard InChI is InChI=1S/C9H14F3N3S/c1-7-15-8(5-16-7)4-13-2-3-14-6-9(10,11)12/h5,13-14H,2-4,6H2,1H3. The van der Waals surface area contributed by atoms with Crippen LogP contribution < -0.4 is 10.6 Å². The number of nitrogens with zero attached hydrogens (tertiary/aromatic N) is 1. The third kappa shape index (κ3) is 6.04. The molecule has 1 aromatic rings. The van der Waals surface area contributed by atoms with Crippen LogP contribution in [0.3, 0.4) is 0 Å². The van der Waals surface area contributed by atoms with Gasteiger partial charge in [0.25, 0.3) is 0 Å². The first-order valence-electron chi connectivity index (χ1n) is 4.86. The van der Waals surface area contributed by atoms with Gasteiger partial charge in [0, 0.05) is 25.0 Å². The molecule has 0 aromatic carbocycles. The highest BCUT2D eigenvalue weighted by molar-refractivity contribution is 7.09. The van der Waals surface area contributed by atoms with Crippen LogP contribution in [-0.2, 0) is 6.54 Å². The van der Waals surface area contributed by atoms with Crippen LogP contribution in [0.1, 0.15) is 10.7 Å². The highest BCUT2D eigenvalue weighted by Gasteiger charge is 2.25. The number of nitrogens with one attached hydrogen (secondary N) is 2. The Hall–Kier alpha value is -0.660. The molecule has 0 aliphatic heterocycles. The first-order valence-corrected chi connectivity index (χ1v) is 5.74. The molecule has 0 aliphatic carbocycles. The smallest absolute Gasteiger partial charge is 0.310 e. The van der Waals surface area contributed by atoms with Gasteiger partial charge < -0.3 is 10.6 Å². The Bertz CT molecular complexity index is 311. The number of hydrogen-bond donors (Lipinski definition) is 2. The largest absolute Gasteiger partial charge is 0.401 e. The van der Waals surface area contributed by atoms with Gasteiger partial charge >= 0.3 is 6.18 Å². The van der Waals surface area contributed by atoms with Gasteiger partial charge in [-0.15, -0.1) is 11.3 Å². The van der Waals surface area contributed by atoms with E-state index in [2.05, 4.69) is 15.6 Å². The summed E-state index contributed by atoms with van der Waals surface area (Å²) < 4.78 is 35.2. The number of rotatable bonds is 6. The van der Waals surface area contributed by atoms with E-state index < -0.39 is 12.7 Å². The normalized spacial score (nSPS) is 12.0. The van der Waals surface area contributed by atoms with Gasteiger partial charge in [-0.05, 0) is 6.92 Å². The van der Waals surface area contributed by atoms with Crippen molar-refractivity contribution in [3.63, 3.8) is 0 Å². The number of hydrogen-bond acceptors (Lipinski definition) is 4. The first kappa shape index (κ1) is 13.4. The van der Waals surface area contributed by atoms with Gasteiger partial charge in [0.1, 0.15) is 0 Å². The van der Waals surface area contributed by atoms with Crippen molar-refractivity contribution in [2.24, 2.45) is 0 Å². The van der Waals surface area contributed by atoms with E-state index in [1.165, 1.54) is 0 Å². The summed E-state index contributed by atoms with van der Waals surface area (Å²) in [5, 5.41) is 8.26. The Morgan fingerprint density at radius 3 is 2.56 bits per heavy atom. The van der Waals surface area contributed by atoms with Crippen LogP contribution in [0.5, 0.6) is 0 Å². The van der Waals surface area contributed by atoms with Gasteiger partial charge in [0.05, 0.1) is 17.2 Å². The number of alkyl halides is 3. The second kappa shape index (κ2) is 6.17. The van der Waals surface area contributed by atoms with E-state index in [0.717, 1.165) is 10.7 Å². The molecule has 7 heteroatoms. The molecule has 1 rings (SSSR count). The van der Waals surface area contributed by atoms with Gasteiger partial charge in [-0.3, -0.25) is 0 Å². The van der Waals surface area contributed by atoms with Crippen LogP contribution in [0, 0.1) is 6.92 Å². The maximum absolute atomic E-state index is 11.7. The van der Waals surface area contributed by atoms with E-state index in [0.29, 0.717) is 19.6 Å². The average molecular weight is 253 g/mol. The molecule has 0 saturated carbocycles. The third-order valence-corrected chi connectivity index (χ3v) is 2.60. The van der Waals surface area contributed by atoms with Crippen molar-refractivity contribution in [2.45, 2.75) is 19.6 Å². The summed E-state index contributed by atoms with van der Waals surface area (Å²) in [4.78, 5) is 4.22. The molecule has 3 nitrogen and oxygen atoms in total. The maximum Gasteiger partial charge on any atom is 0.401 e. The molecule has 92 valence electrons. The van der Waals surface area contributed by atoms with Crippen molar-refractivity contribution < 1.29 is 13.2 Å². The SMILES string of the molecule is Cc1nc(CNCCNCC(F)(F)F)cs1. The molecule has 0 saturated heterocycles. The molecule has 0 bridgehead atoms. The van der Waals surface area contributed by atoms with Gasteiger partial charge in [-0.1, -0.05) is 0 Å². The Labute approximate surface area is 96.1 Å². The number of aryl methyl sites for hydroxylation is 1. The van der Waals surface area contributed by atoms with Gasteiger partial charge in [0.15, 0.2) is 0 Å². The molecule has 0 fully saturated rings. The second-order valence-electron chi connectivity index (χ2n) is 3.33. The Morgan fingerprint density at radius 1 is 1.31 bits per heavy atom. The average Bonchev–Trinajstić information content (AvgIpc) is 2.56. The molecule has 16 heavy (non-hydrogen) atoms. The van der Waals surface area contributed by atoms with Crippen molar-refractivity contribution >= 4 is 11.3 Å². The van der Waals surface area contributed by atoms with Crippen LogP contribution in [0.15, 0.2) is 5.38 Å². The van der Waals surface area contributed by atoms with Crippen molar-refractivity contribution in [3.8, 4) is 0 Å². The van der Waals surface area contributed by atoms with E-state index in [4.69, 9.17) is 0 Å². The first-order chi connectivity index (χ1) is 7.47. The summed E-state index contributed by atoms with van der Waals surface area (Å²) in [7, 11) is 0. The van der Waals surface area contributed by atoms with E-state index >= 15 is 0 Å². The summed E-state index contributed by atoms with van der Waals surface area (Å²) in [6.45, 7) is 2.36. The molecule has 2 N–H and O–H groups in total. The van der Waals surface area contributed by atoms with Gasteiger partial charge in [-0.2, -0.15) is 13.2 Å². The molecular formula is C9H14F3N3S. The van der Waals surface area contributed by atoms with Gasteiger partial charge in [0.2, 0.25) is 0 Å².